The monoisotopic (exact) mass is 413 g/mol. The van der Waals surface area contributed by atoms with Gasteiger partial charge in [-0.2, -0.15) is 0 Å². The average molecular weight is 414 g/mol. The molecular weight excluding hydrogens is 386 g/mol. The Morgan fingerprint density at radius 2 is 1.69 bits per heavy atom. The maximum Gasteiger partial charge on any atom is 0.354 e. The molecule has 0 fully saturated rings. The molecule has 0 radical (unpaired) electrons. The van der Waals surface area contributed by atoms with Crippen LogP contribution in [0.5, 0.6) is 0 Å². The van der Waals surface area contributed by atoms with Crippen molar-refractivity contribution < 1.29 is 9.00 Å². The number of aromatic nitrogens is 1. The zero-order chi connectivity index (χ0) is 20.6. The smallest absolute Gasteiger partial charge is 0.305 e. The van der Waals surface area contributed by atoms with Gasteiger partial charge in [0.25, 0.3) is 0 Å². The molecule has 0 saturated carbocycles. The number of carbonyl (C=O) groups is 1. The predicted octanol–water partition coefficient (Wildman–Crippen LogP) is 3.05. The fourth-order valence-electron chi connectivity index (χ4n) is 4.20. The van der Waals surface area contributed by atoms with Crippen LogP contribution in [-0.2, 0) is 42.1 Å². The van der Waals surface area contributed by atoms with Crippen LogP contribution in [0.4, 0.5) is 10.5 Å². The first-order valence-electron chi connectivity index (χ1n) is 9.96. The summed E-state index contributed by atoms with van der Waals surface area (Å²) < 4.78 is 16.8. The maximum absolute atomic E-state index is 12.9. The van der Waals surface area contributed by atoms with E-state index in [0.717, 1.165) is 78.8 Å². The molecule has 1 heterocycles. The molecule has 1 atom stereocenters. The fraction of sp³-hybridized carbons (Fsp3) is 0.429. The van der Waals surface area contributed by atoms with Crippen molar-refractivity contribution in [2.45, 2.75) is 50.0 Å². The van der Waals surface area contributed by atoms with Crippen LogP contribution in [0.15, 0.2) is 33.5 Å². The van der Waals surface area contributed by atoms with Crippen LogP contribution in [0.25, 0.3) is 0 Å². The standard InChI is InChI=1S/C21H27N5O2S/c1-26(2)13-14-9-11-15(12-10-14)29(22,28)25-21(27)24-20-16-5-3-7-18(16)23-19-8-4-6-17(19)20/h9-12H,3-8,13H2,1-2H3,(H3,22,23,24,25,27,28)/t29-/m1/s1. The van der Waals surface area contributed by atoms with E-state index in [0.29, 0.717) is 4.90 Å². The van der Waals surface area contributed by atoms with Gasteiger partial charge in [0.15, 0.2) is 0 Å². The number of amides is 2. The molecule has 8 heteroatoms. The summed E-state index contributed by atoms with van der Waals surface area (Å²) in [5, 5.41) is 8.84. The van der Waals surface area contributed by atoms with E-state index < -0.39 is 15.9 Å². The highest BCUT2D eigenvalue weighted by molar-refractivity contribution is 7.91. The lowest BCUT2D eigenvalue weighted by molar-refractivity contribution is 0.260. The Bertz CT molecular complexity index is 1040. The van der Waals surface area contributed by atoms with E-state index >= 15 is 0 Å². The zero-order valence-electron chi connectivity index (χ0n) is 16.9. The first-order chi connectivity index (χ1) is 13.8. The highest BCUT2D eigenvalue weighted by Crippen LogP contribution is 2.36. The van der Waals surface area contributed by atoms with Crippen molar-refractivity contribution in [2.24, 2.45) is 9.50 Å². The second-order valence-electron chi connectivity index (χ2n) is 8.02. The molecule has 3 N–H and O–H groups in total. The van der Waals surface area contributed by atoms with Crippen LogP contribution in [0, 0.1) is 0 Å². The summed E-state index contributed by atoms with van der Waals surface area (Å²) in [6, 6.07) is 6.42. The number of fused-ring (bicyclic) bond motifs is 2. The molecule has 0 saturated heterocycles. The molecule has 2 aliphatic carbocycles. The summed E-state index contributed by atoms with van der Waals surface area (Å²) in [4.78, 5) is 19.8. The number of carbonyl (C=O) groups excluding carboxylic acids is 1. The number of nitrogens with zero attached hydrogens (tertiary/aromatic N) is 3. The second-order valence-corrected chi connectivity index (χ2v) is 9.81. The number of anilines is 1. The van der Waals surface area contributed by atoms with Crippen molar-refractivity contribution in [1.29, 1.82) is 0 Å². The van der Waals surface area contributed by atoms with Crippen LogP contribution in [0.2, 0.25) is 0 Å². The molecule has 4 rings (SSSR count). The van der Waals surface area contributed by atoms with E-state index in [1.165, 1.54) is 0 Å². The van der Waals surface area contributed by atoms with Gasteiger partial charge in [0, 0.05) is 17.9 Å². The topological polar surface area (TPSA) is 101 Å². The maximum atomic E-state index is 12.9. The summed E-state index contributed by atoms with van der Waals surface area (Å²) in [6.45, 7) is 0.766. The lowest BCUT2D eigenvalue weighted by Gasteiger charge is -2.14. The number of nitrogens with two attached hydrogens (primary N) is 1. The van der Waals surface area contributed by atoms with E-state index in [4.69, 9.17) is 10.1 Å². The number of hydrogen-bond acceptors (Lipinski definition) is 4. The molecule has 2 aromatic rings. The number of pyridine rings is 1. The highest BCUT2D eigenvalue weighted by atomic mass is 32.2. The SMILES string of the molecule is CN(C)Cc1ccc([S@](N)(=O)=NC(=O)Nc2c3c(nc4c2CCC4)CCC3)cc1. The molecule has 1 aromatic carbocycles. The van der Waals surface area contributed by atoms with E-state index in [-0.39, 0.29) is 0 Å². The third-order valence-corrected chi connectivity index (χ3v) is 6.85. The Balaban J connectivity index is 1.59. The van der Waals surface area contributed by atoms with Crippen LogP contribution >= 0.6 is 0 Å². The number of hydrogen-bond donors (Lipinski definition) is 2. The normalized spacial score (nSPS) is 17.0. The van der Waals surface area contributed by atoms with E-state index in [9.17, 15) is 9.00 Å². The van der Waals surface area contributed by atoms with Gasteiger partial charge in [0.1, 0.15) is 9.92 Å². The van der Waals surface area contributed by atoms with E-state index in [2.05, 4.69) is 9.68 Å². The molecule has 1 aromatic heterocycles. The Kier molecular flexibility index (Phi) is 5.42. The first-order valence-corrected chi connectivity index (χ1v) is 11.5. The minimum atomic E-state index is -3.32. The van der Waals surface area contributed by atoms with Gasteiger partial charge < -0.3 is 10.2 Å². The van der Waals surface area contributed by atoms with Crippen molar-refractivity contribution in [1.82, 2.24) is 9.88 Å². The van der Waals surface area contributed by atoms with Crippen molar-refractivity contribution in [3.05, 3.63) is 52.3 Å². The number of urea groups is 1. The lowest BCUT2D eigenvalue weighted by atomic mass is 10.1. The van der Waals surface area contributed by atoms with E-state index in [1.807, 2.05) is 31.1 Å². The molecule has 7 nitrogen and oxygen atoms in total. The van der Waals surface area contributed by atoms with Crippen molar-refractivity contribution in [3.8, 4) is 0 Å². The highest BCUT2D eigenvalue weighted by Gasteiger charge is 2.26. The van der Waals surface area contributed by atoms with Crippen molar-refractivity contribution in [3.63, 3.8) is 0 Å². The van der Waals surface area contributed by atoms with Gasteiger partial charge in [-0.3, -0.25) is 4.98 Å². The minimum Gasteiger partial charge on any atom is -0.305 e. The third kappa shape index (κ3) is 4.19. The zero-order valence-corrected chi connectivity index (χ0v) is 17.7. The first kappa shape index (κ1) is 20.0. The van der Waals surface area contributed by atoms with Gasteiger partial charge in [0.05, 0.1) is 10.6 Å². The summed E-state index contributed by atoms with van der Waals surface area (Å²) in [5.74, 6) is 0. The predicted molar refractivity (Wildman–Crippen MR) is 114 cm³/mol. The molecule has 0 spiro atoms. The summed E-state index contributed by atoms with van der Waals surface area (Å²) in [7, 11) is 0.638. The van der Waals surface area contributed by atoms with Gasteiger partial charge >= 0.3 is 6.03 Å². The van der Waals surface area contributed by atoms with Gasteiger partial charge in [-0.1, -0.05) is 12.1 Å². The number of rotatable bonds is 4. The summed E-state index contributed by atoms with van der Waals surface area (Å²) in [6.07, 6.45) is 5.76. The van der Waals surface area contributed by atoms with E-state index in [1.54, 1.807) is 12.1 Å². The van der Waals surface area contributed by atoms with Crippen LogP contribution in [0.1, 0.15) is 40.9 Å². The van der Waals surface area contributed by atoms with Crippen LogP contribution in [0.3, 0.4) is 0 Å². The van der Waals surface area contributed by atoms with Crippen molar-refractivity contribution in [2.75, 3.05) is 19.4 Å². The number of benzene rings is 1. The Labute approximate surface area is 172 Å². The lowest BCUT2D eigenvalue weighted by Crippen LogP contribution is -2.19. The molecular formula is C21H27N5O2S. The van der Waals surface area contributed by atoms with Crippen molar-refractivity contribution >= 4 is 21.6 Å². The Hall–Kier alpha value is -2.29. The van der Waals surface area contributed by atoms with Gasteiger partial charge in [-0.25, -0.2) is 14.1 Å². The minimum absolute atomic E-state index is 0.348. The molecule has 2 aliphatic rings. The Morgan fingerprint density at radius 1 is 1.10 bits per heavy atom. The largest absolute Gasteiger partial charge is 0.354 e. The summed E-state index contributed by atoms with van der Waals surface area (Å²) >= 11 is 0. The second kappa shape index (κ2) is 7.85. The van der Waals surface area contributed by atoms with Gasteiger partial charge in [-0.05, 0) is 81.4 Å². The van der Waals surface area contributed by atoms with Gasteiger partial charge in [-0.15, -0.1) is 4.36 Å². The number of aryl methyl sites for hydroxylation is 2. The molecule has 154 valence electrons. The molecule has 2 amide bonds. The average Bonchev–Trinajstić information content (AvgIpc) is 3.30. The molecule has 29 heavy (non-hydrogen) atoms. The Morgan fingerprint density at radius 3 is 2.24 bits per heavy atom. The van der Waals surface area contributed by atoms with Gasteiger partial charge in [0.2, 0.25) is 0 Å². The quantitative estimate of drug-likeness (QED) is 0.804. The third-order valence-electron chi connectivity index (χ3n) is 5.46. The fourth-order valence-corrected chi connectivity index (χ4v) is 5.12. The number of nitrogens with one attached hydrogen (secondary N) is 1. The molecule has 0 aliphatic heterocycles. The van der Waals surface area contributed by atoms with Crippen LogP contribution < -0.4 is 10.5 Å². The summed E-state index contributed by atoms with van der Waals surface area (Å²) in [5.41, 5.74) is 6.25. The molecule has 0 bridgehead atoms. The molecule has 0 unspecified atom stereocenters. The van der Waals surface area contributed by atoms with Crippen LogP contribution in [-0.4, -0.2) is 34.2 Å².